The first-order chi connectivity index (χ1) is 7.95. The van der Waals surface area contributed by atoms with Crippen LogP contribution >= 0.6 is 0 Å². The van der Waals surface area contributed by atoms with E-state index < -0.39 is 6.10 Å². The molecule has 17 heavy (non-hydrogen) atoms. The third kappa shape index (κ3) is 10.7. The molecule has 5 nitrogen and oxygen atoms in total. The third-order valence-electron chi connectivity index (χ3n) is 2.43. The van der Waals surface area contributed by atoms with Crippen molar-refractivity contribution in [3.63, 3.8) is 0 Å². The molecule has 0 saturated carbocycles. The van der Waals surface area contributed by atoms with Gasteiger partial charge in [0.25, 0.3) is 0 Å². The van der Waals surface area contributed by atoms with E-state index in [1.165, 1.54) is 0 Å². The van der Waals surface area contributed by atoms with E-state index >= 15 is 0 Å². The lowest BCUT2D eigenvalue weighted by Crippen LogP contribution is -2.35. The van der Waals surface area contributed by atoms with Crippen molar-refractivity contribution in [2.45, 2.75) is 38.6 Å². The van der Waals surface area contributed by atoms with E-state index in [2.05, 4.69) is 0 Å². The Balaban J connectivity index is 3.59. The standard InChI is InChI=1S/C12H27NO4/c1-10(14)5-6-13(3)7-12(15)9-17-11(2)8-16-4/h10-12,14-15H,5-9H2,1-4H3. The molecule has 104 valence electrons. The highest BCUT2D eigenvalue weighted by atomic mass is 16.5. The van der Waals surface area contributed by atoms with Crippen LogP contribution < -0.4 is 0 Å². The van der Waals surface area contributed by atoms with E-state index in [9.17, 15) is 5.11 Å². The lowest BCUT2D eigenvalue weighted by Gasteiger charge is -2.22. The van der Waals surface area contributed by atoms with Gasteiger partial charge in [0.05, 0.1) is 31.5 Å². The summed E-state index contributed by atoms with van der Waals surface area (Å²) >= 11 is 0. The van der Waals surface area contributed by atoms with Gasteiger partial charge in [-0.25, -0.2) is 0 Å². The molecule has 0 heterocycles. The van der Waals surface area contributed by atoms with Gasteiger partial charge in [-0.05, 0) is 27.3 Å². The average molecular weight is 249 g/mol. The van der Waals surface area contributed by atoms with Gasteiger partial charge in [-0.3, -0.25) is 0 Å². The first-order valence-electron chi connectivity index (χ1n) is 6.11. The molecule has 5 heteroatoms. The molecular formula is C12H27NO4. The van der Waals surface area contributed by atoms with Crippen LogP contribution in [0.5, 0.6) is 0 Å². The van der Waals surface area contributed by atoms with E-state index in [0.717, 1.165) is 6.54 Å². The smallest absolute Gasteiger partial charge is 0.0900 e. The number of aliphatic hydroxyl groups excluding tert-OH is 2. The average Bonchev–Trinajstić information content (AvgIpc) is 2.24. The number of aliphatic hydroxyl groups is 2. The van der Waals surface area contributed by atoms with Crippen LogP contribution in [0.1, 0.15) is 20.3 Å². The number of nitrogens with zero attached hydrogens (tertiary/aromatic N) is 1. The molecule has 0 aromatic rings. The summed E-state index contributed by atoms with van der Waals surface area (Å²) in [5, 5.41) is 18.9. The second kappa shape index (κ2) is 9.79. The molecule has 0 bridgehead atoms. The summed E-state index contributed by atoms with van der Waals surface area (Å²) in [4.78, 5) is 1.99. The van der Waals surface area contributed by atoms with E-state index in [1.807, 2.05) is 18.9 Å². The zero-order valence-electron chi connectivity index (χ0n) is 11.4. The Kier molecular flexibility index (Phi) is 9.68. The second-order valence-corrected chi connectivity index (χ2v) is 4.65. The van der Waals surface area contributed by atoms with Gasteiger partial charge in [-0.2, -0.15) is 0 Å². The van der Waals surface area contributed by atoms with Crippen molar-refractivity contribution in [3.8, 4) is 0 Å². The van der Waals surface area contributed by atoms with Crippen LogP contribution in [-0.2, 0) is 9.47 Å². The predicted octanol–water partition coefficient (Wildman–Crippen LogP) is 0.102. The van der Waals surface area contributed by atoms with E-state index in [-0.39, 0.29) is 12.2 Å². The fourth-order valence-corrected chi connectivity index (χ4v) is 1.47. The fourth-order valence-electron chi connectivity index (χ4n) is 1.47. The van der Waals surface area contributed by atoms with Crippen LogP contribution in [0.2, 0.25) is 0 Å². The van der Waals surface area contributed by atoms with Crippen molar-refractivity contribution >= 4 is 0 Å². The van der Waals surface area contributed by atoms with Crippen molar-refractivity contribution in [2.75, 3.05) is 40.5 Å². The third-order valence-corrected chi connectivity index (χ3v) is 2.43. The number of rotatable bonds is 10. The molecule has 0 aliphatic heterocycles. The van der Waals surface area contributed by atoms with Gasteiger partial charge in [-0.1, -0.05) is 0 Å². The van der Waals surface area contributed by atoms with Crippen molar-refractivity contribution in [2.24, 2.45) is 0 Å². The van der Waals surface area contributed by atoms with Crippen molar-refractivity contribution in [1.29, 1.82) is 0 Å². The van der Waals surface area contributed by atoms with Gasteiger partial charge in [0.15, 0.2) is 0 Å². The summed E-state index contributed by atoms with van der Waals surface area (Å²) in [5.74, 6) is 0. The summed E-state index contributed by atoms with van der Waals surface area (Å²) in [6.45, 7) is 5.83. The molecule has 0 aromatic heterocycles. The highest BCUT2D eigenvalue weighted by molar-refractivity contribution is 4.63. The van der Waals surface area contributed by atoms with Gasteiger partial charge in [0, 0.05) is 20.2 Å². The Bertz CT molecular complexity index is 178. The maximum atomic E-state index is 9.73. The lowest BCUT2D eigenvalue weighted by molar-refractivity contribution is -0.0385. The molecule has 3 unspecified atom stereocenters. The number of hydrogen-bond acceptors (Lipinski definition) is 5. The number of ether oxygens (including phenoxy) is 2. The van der Waals surface area contributed by atoms with Crippen LogP contribution in [0.25, 0.3) is 0 Å². The Morgan fingerprint density at radius 1 is 1.18 bits per heavy atom. The highest BCUT2D eigenvalue weighted by Crippen LogP contribution is 1.98. The highest BCUT2D eigenvalue weighted by Gasteiger charge is 2.11. The minimum atomic E-state index is -0.506. The van der Waals surface area contributed by atoms with Crippen LogP contribution in [0.3, 0.4) is 0 Å². The lowest BCUT2D eigenvalue weighted by atomic mass is 10.2. The topological polar surface area (TPSA) is 62.2 Å². The van der Waals surface area contributed by atoms with Gasteiger partial charge in [-0.15, -0.1) is 0 Å². The Labute approximate surface area is 104 Å². The van der Waals surface area contributed by atoms with Gasteiger partial charge < -0.3 is 24.6 Å². The molecule has 0 radical (unpaired) electrons. The molecule has 0 aliphatic rings. The molecule has 3 atom stereocenters. The molecule has 0 saturated heterocycles. The van der Waals surface area contributed by atoms with Crippen molar-refractivity contribution < 1.29 is 19.7 Å². The Morgan fingerprint density at radius 3 is 2.35 bits per heavy atom. The first-order valence-corrected chi connectivity index (χ1v) is 6.11. The Morgan fingerprint density at radius 2 is 1.82 bits per heavy atom. The predicted molar refractivity (Wildman–Crippen MR) is 67.1 cm³/mol. The van der Waals surface area contributed by atoms with Crippen LogP contribution in [0, 0.1) is 0 Å². The Hall–Kier alpha value is -0.200. The second-order valence-electron chi connectivity index (χ2n) is 4.65. The molecule has 0 aromatic carbocycles. The molecular weight excluding hydrogens is 222 g/mol. The van der Waals surface area contributed by atoms with Gasteiger partial charge >= 0.3 is 0 Å². The summed E-state index contributed by atoms with van der Waals surface area (Å²) < 4.78 is 10.4. The van der Waals surface area contributed by atoms with Crippen molar-refractivity contribution in [1.82, 2.24) is 4.90 Å². The quantitative estimate of drug-likeness (QED) is 0.575. The number of likely N-dealkylation sites (N-methyl/N-ethyl adjacent to an activating group) is 1. The molecule has 2 N–H and O–H groups in total. The fraction of sp³-hybridized carbons (Fsp3) is 1.00. The van der Waals surface area contributed by atoms with Crippen LogP contribution in [0.15, 0.2) is 0 Å². The molecule has 0 fully saturated rings. The van der Waals surface area contributed by atoms with Crippen molar-refractivity contribution in [3.05, 3.63) is 0 Å². The van der Waals surface area contributed by atoms with Crippen LogP contribution in [-0.4, -0.2) is 73.9 Å². The van der Waals surface area contributed by atoms with Crippen LogP contribution in [0.4, 0.5) is 0 Å². The summed E-state index contributed by atoms with van der Waals surface area (Å²) in [7, 11) is 3.55. The minimum absolute atomic E-state index is 0.00239. The zero-order valence-corrected chi connectivity index (χ0v) is 11.4. The molecule has 0 aliphatic carbocycles. The number of methoxy groups -OCH3 is 1. The van der Waals surface area contributed by atoms with Gasteiger partial charge in [0.2, 0.25) is 0 Å². The maximum Gasteiger partial charge on any atom is 0.0900 e. The molecule has 0 spiro atoms. The van der Waals surface area contributed by atoms with Gasteiger partial charge in [0.1, 0.15) is 0 Å². The minimum Gasteiger partial charge on any atom is -0.393 e. The first kappa shape index (κ1) is 16.8. The maximum absolute atomic E-state index is 9.73. The van der Waals surface area contributed by atoms with E-state index in [4.69, 9.17) is 14.6 Å². The normalized spacial score (nSPS) is 17.1. The van der Waals surface area contributed by atoms with E-state index in [1.54, 1.807) is 14.0 Å². The number of hydrogen-bond donors (Lipinski definition) is 2. The van der Waals surface area contributed by atoms with E-state index in [0.29, 0.717) is 26.2 Å². The SMILES string of the molecule is COCC(C)OCC(O)CN(C)CCC(C)O. The molecule has 0 amide bonds. The summed E-state index contributed by atoms with van der Waals surface area (Å²) in [6.07, 6.45) is -0.0947. The summed E-state index contributed by atoms with van der Waals surface area (Å²) in [5.41, 5.74) is 0. The largest absolute Gasteiger partial charge is 0.393 e. The summed E-state index contributed by atoms with van der Waals surface area (Å²) in [6, 6.07) is 0. The zero-order chi connectivity index (χ0) is 13.3. The molecule has 0 rings (SSSR count). The monoisotopic (exact) mass is 249 g/mol.